The summed E-state index contributed by atoms with van der Waals surface area (Å²) in [7, 11) is 0. The van der Waals surface area contributed by atoms with Crippen molar-refractivity contribution in [3.05, 3.63) is 0 Å². The van der Waals surface area contributed by atoms with Crippen molar-refractivity contribution in [2.75, 3.05) is 0 Å². The molecule has 0 rings (SSSR count). The zero-order chi connectivity index (χ0) is 9.78. The third kappa shape index (κ3) is 3.27. The Hall–Kier alpha value is -0.490. The van der Waals surface area contributed by atoms with Crippen LogP contribution in [-0.4, -0.2) is 16.3 Å². The molecule has 2 atom stereocenters. The molecule has 1 amide bonds. The summed E-state index contributed by atoms with van der Waals surface area (Å²) in [6.07, 6.45) is 6.02. The summed E-state index contributed by atoms with van der Waals surface area (Å²) < 4.78 is 0. The van der Waals surface area contributed by atoms with E-state index in [-0.39, 0.29) is 10.7 Å². The second-order valence-corrected chi connectivity index (χ2v) is 4.31. The van der Waals surface area contributed by atoms with Crippen molar-refractivity contribution in [2.45, 2.75) is 37.6 Å². The maximum atomic E-state index is 11.2. The van der Waals surface area contributed by atoms with Gasteiger partial charge in [0.2, 0.25) is 5.91 Å². The third-order valence-electron chi connectivity index (χ3n) is 1.79. The number of amides is 1. The van der Waals surface area contributed by atoms with Crippen LogP contribution < -0.4 is 5.32 Å². The smallest absolute Gasteiger partial charge is 0.234 e. The van der Waals surface area contributed by atoms with Crippen LogP contribution in [0.25, 0.3) is 0 Å². The molecule has 0 fully saturated rings. The molecule has 12 heavy (non-hydrogen) atoms. The van der Waals surface area contributed by atoms with Crippen LogP contribution in [0.4, 0.5) is 0 Å². The third-order valence-corrected chi connectivity index (χ3v) is 2.20. The lowest BCUT2D eigenvalue weighted by molar-refractivity contribution is -0.121. The van der Waals surface area contributed by atoms with E-state index in [4.69, 9.17) is 6.42 Å². The Bertz CT molecular complexity index is 207. The summed E-state index contributed by atoms with van der Waals surface area (Å²) in [5.74, 6) is 2.49. The highest BCUT2D eigenvalue weighted by Crippen LogP contribution is 2.08. The average molecular weight is 232 g/mol. The Morgan fingerprint density at radius 3 is 2.58 bits per heavy atom. The van der Waals surface area contributed by atoms with E-state index in [0.717, 1.165) is 6.42 Å². The van der Waals surface area contributed by atoms with Gasteiger partial charge in [-0.3, -0.25) is 4.79 Å². The summed E-state index contributed by atoms with van der Waals surface area (Å²) in [6, 6.07) is 0. The zero-order valence-corrected chi connectivity index (χ0v) is 9.23. The number of terminal acetylenes is 1. The van der Waals surface area contributed by atoms with Crippen LogP contribution in [0.1, 0.15) is 27.2 Å². The number of hydrogen-bond acceptors (Lipinski definition) is 1. The molecule has 0 spiro atoms. The fourth-order valence-electron chi connectivity index (χ4n) is 0.598. The highest BCUT2D eigenvalue weighted by Gasteiger charge is 2.22. The number of rotatable bonds is 3. The standard InChI is InChI=1S/C9H14BrNO/c1-5-9(4,6-2)11-8(12)7(3)10/h1,7H,6H2,2-4H3,(H,11,12). The zero-order valence-electron chi connectivity index (χ0n) is 7.65. The molecule has 1 N–H and O–H groups in total. The number of alkyl halides is 1. The van der Waals surface area contributed by atoms with Crippen LogP contribution in [0, 0.1) is 12.3 Å². The Morgan fingerprint density at radius 2 is 2.33 bits per heavy atom. The number of carbonyl (C=O) groups is 1. The summed E-state index contributed by atoms with van der Waals surface area (Å²) >= 11 is 3.17. The van der Waals surface area contributed by atoms with E-state index in [0.29, 0.717) is 0 Å². The van der Waals surface area contributed by atoms with Crippen LogP contribution in [0.2, 0.25) is 0 Å². The van der Waals surface area contributed by atoms with E-state index in [1.165, 1.54) is 0 Å². The molecule has 0 aliphatic heterocycles. The van der Waals surface area contributed by atoms with Gasteiger partial charge in [-0.2, -0.15) is 0 Å². The van der Waals surface area contributed by atoms with Gasteiger partial charge in [0.1, 0.15) is 0 Å². The van der Waals surface area contributed by atoms with Gasteiger partial charge >= 0.3 is 0 Å². The lowest BCUT2D eigenvalue weighted by atomic mass is 10.0. The van der Waals surface area contributed by atoms with Crippen molar-refractivity contribution in [1.82, 2.24) is 5.32 Å². The van der Waals surface area contributed by atoms with Gasteiger partial charge in [0.05, 0.1) is 10.4 Å². The minimum Gasteiger partial charge on any atom is -0.339 e. The summed E-state index contributed by atoms with van der Waals surface area (Å²) in [5.41, 5.74) is -0.515. The van der Waals surface area contributed by atoms with Gasteiger partial charge in [-0.25, -0.2) is 0 Å². The van der Waals surface area contributed by atoms with Gasteiger partial charge in [-0.1, -0.05) is 28.8 Å². The van der Waals surface area contributed by atoms with Crippen molar-refractivity contribution in [3.63, 3.8) is 0 Å². The maximum Gasteiger partial charge on any atom is 0.234 e. The van der Waals surface area contributed by atoms with Crippen molar-refractivity contribution in [1.29, 1.82) is 0 Å². The van der Waals surface area contributed by atoms with E-state index in [2.05, 4.69) is 27.2 Å². The highest BCUT2D eigenvalue weighted by atomic mass is 79.9. The lowest BCUT2D eigenvalue weighted by Crippen LogP contribution is -2.46. The van der Waals surface area contributed by atoms with Crippen LogP contribution >= 0.6 is 15.9 Å². The summed E-state index contributed by atoms with van der Waals surface area (Å²) in [6.45, 7) is 5.54. The van der Waals surface area contributed by atoms with Crippen LogP contribution in [-0.2, 0) is 4.79 Å². The molecule has 0 radical (unpaired) electrons. The molecule has 0 aromatic rings. The monoisotopic (exact) mass is 231 g/mol. The van der Waals surface area contributed by atoms with E-state index < -0.39 is 5.54 Å². The molecule has 0 saturated carbocycles. The van der Waals surface area contributed by atoms with Crippen molar-refractivity contribution in [2.24, 2.45) is 0 Å². The predicted octanol–water partition coefficient (Wildman–Crippen LogP) is 1.69. The molecule has 0 saturated heterocycles. The predicted molar refractivity (Wildman–Crippen MR) is 54.1 cm³/mol. The van der Waals surface area contributed by atoms with E-state index >= 15 is 0 Å². The first-order chi connectivity index (χ1) is 5.45. The molecule has 0 aromatic carbocycles. The van der Waals surface area contributed by atoms with Gasteiger partial charge < -0.3 is 5.32 Å². The highest BCUT2D eigenvalue weighted by molar-refractivity contribution is 9.10. The summed E-state index contributed by atoms with van der Waals surface area (Å²) in [4.78, 5) is 11.0. The van der Waals surface area contributed by atoms with Crippen LogP contribution in [0.3, 0.4) is 0 Å². The van der Waals surface area contributed by atoms with Gasteiger partial charge in [0.15, 0.2) is 0 Å². The Morgan fingerprint density at radius 1 is 1.83 bits per heavy atom. The molecule has 2 unspecified atom stereocenters. The number of halogens is 1. The number of carbonyl (C=O) groups excluding carboxylic acids is 1. The van der Waals surface area contributed by atoms with Crippen LogP contribution in [0.15, 0.2) is 0 Å². The van der Waals surface area contributed by atoms with Gasteiger partial charge in [0, 0.05) is 0 Å². The molecule has 0 aliphatic rings. The molecule has 0 aliphatic carbocycles. The van der Waals surface area contributed by atoms with Gasteiger partial charge in [0.25, 0.3) is 0 Å². The molecule has 2 nitrogen and oxygen atoms in total. The minimum absolute atomic E-state index is 0.0719. The fourth-order valence-corrected chi connectivity index (χ4v) is 0.712. The van der Waals surface area contributed by atoms with E-state index in [1.54, 1.807) is 6.92 Å². The average Bonchev–Trinajstić information content (AvgIpc) is 2.04. The maximum absolute atomic E-state index is 11.2. The largest absolute Gasteiger partial charge is 0.339 e. The number of nitrogens with one attached hydrogen (secondary N) is 1. The molecule has 68 valence electrons. The second kappa shape index (κ2) is 4.51. The lowest BCUT2D eigenvalue weighted by Gasteiger charge is -2.24. The van der Waals surface area contributed by atoms with Gasteiger partial charge in [-0.15, -0.1) is 6.42 Å². The van der Waals surface area contributed by atoms with Crippen LogP contribution in [0.5, 0.6) is 0 Å². The second-order valence-electron chi connectivity index (χ2n) is 2.94. The number of hydrogen-bond donors (Lipinski definition) is 1. The quantitative estimate of drug-likeness (QED) is 0.582. The molecular formula is C9H14BrNO. The van der Waals surface area contributed by atoms with E-state index in [9.17, 15) is 4.79 Å². The van der Waals surface area contributed by atoms with E-state index in [1.807, 2.05) is 13.8 Å². The van der Waals surface area contributed by atoms with Crippen molar-refractivity contribution in [3.8, 4) is 12.3 Å². The first-order valence-corrected chi connectivity index (χ1v) is 4.80. The van der Waals surface area contributed by atoms with Crippen molar-refractivity contribution < 1.29 is 4.79 Å². The first kappa shape index (κ1) is 11.5. The molecule has 0 heterocycles. The Labute approximate surface area is 82.2 Å². The molecular weight excluding hydrogens is 218 g/mol. The Kier molecular flexibility index (Phi) is 4.33. The molecule has 3 heteroatoms. The molecule has 0 bridgehead atoms. The minimum atomic E-state index is -0.515. The SMILES string of the molecule is C#CC(C)(CC)NC(=O)C(C)Br. The van der Waals surface area contributed by atoms with Gasteiger partial charge in [-0.05, 0) is 20.3 Å². The Balaban J connectivity index is 4.25. The molecule has 0 aromatic heterocycles. The topological polar surface area (TPSA) is 29.1 Å². The first-order valence-electron chi connectivity index (χ1n) is 3.89. The normalized spacial score (nSPS) is 17.2. The van der Waals surface area contributed by atoms with Crippen molar-refractivity contribution >= 4 is 21.8 Å². The summed E-state index contributed by atoms with van der Waals surface area (Å²) in [5, 5.41) is 2.77. The fraction of sp³-hybridized carbons (Fsp3) is 0.667.